The third-order valence-corrected chi connectivity index (χ3v) is 12.3. The predicted octanol–water partition coefficient (Wildman–Crippen LogP) is 4.24. The first-order valence-corrected chi connectivity index (χ1v) is 18.4. The number of carbonyl (C=O) groups excluding carboxylic acids is 2. The second kappa shape index (κ2) is 12.4. The number of halogens is 1. The molecular weight excluding hydrogens is 642 g/mol. The highest BCUT2D eigenvalue weighted by molar-refractivity contribution is 7.90. The summed E-state index contributed by atoms with van der Waals surface area (Å²) in [5.74, 6) is 0.188. The molecule has 5 aliphatic rings. The summed E-state index contributed by atoms with van der Waals surface area (Å²) in [5, 5.41) is 0.711. The van der Waals surface area contributed by atoms with Gasteiger partial charge in [0, 0.05) is 37.6 Å². The van der Waals surface area contributed by atoms with E-state index in [1.807, 2.05) is 18.2 Å². The van der Waals surface area contributed by atoms with Gasteiger partial charge in [-0.3, -0.25) is 9.59 Å². The van der Waals surface area contributed by atoms with Crippen molar-refractivity contribution in [2.45, 2.75) is 67.0 Å². The molecule has 252 valence electrons. The van der Waals surface area contributed by atoms with E-state index in [-0.39, 0.29) is 47.4 Å². The van der Waals surface area contributed by atoms with Crippen LogP contribution in [-0.4, -0.2) is 83.8 Å². The second-order valence-corrected chi connectivity index (χ2v) is 16.1. The molecule has 2 aliphatic heterocycles. The van der Waals surface area contributed by atoms with E-state index >= 15 is 0 Å². The lowest BCUT2D eigenvalue weighted by Crippen LogP contribution is -2.50. The number of hydrogen-bond donors (Lipinski definition) is 1. The molecule has 0 aromatic heterocycles. The molecule has 2 saturated carbocycles. The van der Waals surface area contributed by atoms with Gasteiger partial charge in [-0.25, -0.2) is 13.1 Å². The molecule has 2 heterocycles. The summed E-state index contributed by atoms with van der Waals surface area (Å²) in [6.45, 7) is 1.81. The number of hydrogen-bond acceptors (Lipinski definition) is 8. The van der Waals surface area contributed by atoms with Crippen molar-refractivity contribution < 1.29 is 32.2 Å². The number of carbonyl (C=O) groups is 2. The Morgan fingerprint density at radius 2 is 1.98 bits per heavy atom. The Kier molecular flexibility index (Phi) is 8.56. The summed E-state index contributed by atoms with van der Waals surface area (Å²) in [6, 6.07) is 11.0. The molecule has 2 amide bonds. The highest BCUT2D eigenvalue weighted by Gasteiger charge is 2.53. The molecule has 1 N–H and O–H groups in total. The van der Waals surface area contributed by atoms with Crippen molar-refractivity contribution in [1.82, 2.24) is 9.62 Å². The largest absolute Gasteiger partial charge is 0.490 e. The minimum absolute atomic E-state index is 0.00123. The predicted molar refractivity (Wildman–Crippen MR) is 177 cm³/mol. The first kappa shape index (κ1) is 32.4. The van der Waals surface area contributed by atoms with E-state index in [4.69, 9.17) is 25.8 Å². The quantitative estimate of drug-likeness (QED) is 0.479. The molecule has 12 heteroatoms. The summed E-state index contributed by atoms with van der Waals surface area (Å²) in [4.78, 5) is 29.6. The first-order chi connectivity index (χ1) is 22.5. The van der Waals surface area contributed by atoms with Crippen molar-refractivity contribution in [2.75, 3.05) is 51.9 Å². The topological polar surface area (TPSA) is 114 Å². The Morgan fingerprint density at radius 3 is 2.72 bits per heavy atom. The average molecular weight is 684 g/mol. The molecule has 2 fully saturated rings. The van der Waals surface area contributed by atoms with Gasteiger partial charge in [0.1, 0.15) is 18.0 Å². The number of nitrogens with zero attached hydrogens (tertiary/aromatic N) is 2. The zero-order valence-electron chi connectivity index (χ0n) is 26.9. The van der Waals surface area contributed by atoms with E-state index in [1.165, 1.54) is 22.1 Å². The molecule has 3 aliphatic carbocycles. The summed E-state index contributed by atoms with van der Waals surface area (Å²) in [6.07, 6.45) is 9.08. The van der Waals surface area contributed by atoms with Crippen LogP contribution in [0.3, 0.4) is 0 Å². The molecule has 2 spiro atoms. The Labute approximate surface area is 281 Å². The number of rotatable bonds is 3. The zero-order valence-corrected chi connectivity index (χ0v) is 28.4. The lowest BCUT2D eigenvalue weighted by Gasteiger charge is -2.46. The number of sulfonamides is 1. The van der Waals surface area contributed by atoms with Crippen LogP contribution in [0.2, 0.25) is 5.02 Å². The first-order valence-electron chi connectivity index (χ1n) is 16.5. The smallest absolute Gasteiger partial charge is 0.265 e. The van der Waals surface area contributed by atoms with Gasteiger partial charge in [-0.05, 0) is 98.2 Å². The zero-order chi connectivity index (χ0) is 33.0. The summed E-state index contributed by atoms with van der Waals surface area (Å²) < 4.78 is 48.3. The van der Waals surface area contributed by atoms with Crippen LogP contribution in [0.5, 0.6) is 5.75 Å². The van der Waals surface area contributed by atoms with Crippen molar-refractivity contribution in [3.63, 3.8) is 0 Å². The number of benzene rings is 2. The number of nitrogens with one attached hydrogen (secondary N) is 1. The van der Waals surface area contributed by atoms with Gasteiger partial charge in [0.25, 0.3) is 15.9 Å². The Balaban J connectivity index is 1.28. The van der Waals surface area contributed by atoms with Crippen molar-refractivity contribution in [3.8, 4) is 5.75 Å². The van der Waals surface area contributed by atoms with Gasteiger partial charge in [0.2, 0.25) is 5.91 Å². The molecule has 0 unspecified atom stereocenters. The molecule has 0 saturated heterocycles. The van der Waals surface area contributed by atoms with Crippen LogP contribution in [0, 0.1) is 11.8 Å². The highest BCUT2D eigenvalue weighted by Crippen LogP contribution is 2.47. The lowest BCUT2D eigenvalue weighted by atomic mass is 9.68. The number of likely N-dealkylation sites (N-methyl/N-ethyl adjacent to an activating group) is 1. The van der Waals surface area contributed by atoms with Gasteiger partial charge in [0.05, 0.1) is 29.9 Å². The van der Waals surface area contributed by atoms with Gasteiger partial charge in [-0.15, -0.1) is 0 Å². The monoisotopic (exact) mass is 683 g/mol. The van der Waals surface area contributed by atoms with Crippen molar-refractivity contribution >= 4 is 39.1 Å². The van der Waals surface area contributed by atoms with Crippen molar-refractivity contribution in [2.24, 2.45) is 11.8 Å². The van der Waals surface area contributed by atoms with E-state index in [2.05, 4.69) is 21.8 Å². The number of ether oxygens (including phenoxy) is 3. The van der Waals surface area contributed by atoms with Gasteiger partial charge >= 0.3 is 0 Å². The van der Waals surface area contributed by atoms with Crippen LogP contribution in [-0.2, 0) is 40.9 Å². The van der Waals surface area contributed by atoms with Crippen LogP contribution >= 0.6 is 11.6 Å². The Bertz CT molecular complexity index is 1710. The minimum Gasteiger partial charge on any atom is -0.490 e. The fourth-order valence-corrected chi connectivity index (χ4v) is 8.89. The maximum absolute atomic E-state index is 13.6. The van der Waals surface area contributed by atoms with E-state index in [1.54, 1.807) is 26.2 Å². The number of fused-ring (bicyclic) bond motifs is 4. The molecule has 10 nitrogen and oxygen atoms in total. The Morgan fingerprint density at radius 1 is 1.15 bits per heavy atom. The maximum Gasteiger partial charge on any atom is 0.265 e. The molecule has 7 rings (SSSR count). The summed E-state index contributed by atoms with van der Waals surface area (Å²) in [5.41, 5.74) is 1.62. The van der Waals surface area contributed by atoms with Crippen molar-refractivity contribution in [3.05, 3.63) is 64.7 Å². The summed E-state index contributed by atoms with van der Waals surface area (Å²) >= 11 is 6.42. The maximum atomic E-state index is 13.6. The second-order valence-electron chi connectivity index (χ2n) is 14.0. The highest BCUT2D eigenvalue weighted by atomic mass is 35.5. The minimum atomic E-state index is -4.18. The molecule has 2 bridgehead atoms. The van der Waals surface area contributed by atoms with Gasteiger partial charge in [0.15, 0.2) is 0 Å². The molecule has 0 radical (unpaired) electrons. The number of aryl methyl sites for hydroxylation is 1. The van der Waals surface area contributed by atoms with E-state index in [0.29, 0.717) is 49.0 Å². The van der Waals surface area contributed by atoms with Crippen LogP contribution in [0.15, 0.2) is 53.4 Å². The molecule has 2 aromatic rings. The Hall–Kier alpha value is -3.12. The van der Waals surface area contributed by atoms with Crippen LogP contribution in [0.1, 0.15) is 49.7 Å². The van der Waals surface area contributed by atoms with E-state index < -0.39 is 21.5 Å². The summed E-state index contributed by atoms with van der Waals surface area (Å²) in [7, 11) is -0.763. The lowest BCUT2D eigenvalue weighted by molar-refractivity contribution is -0.137. The number of anilines is 1. The molecule has 47 heavy (non-hydrogen) atoms. The van der Waals surface area contributed by atoms with Crippen molar-refractivity contribution in [1.29, 1.82) is 0 Å². The van der Waals surface area contributed by atoms with Crippen LogP contribution < -0.4 is 14.4 Å². The SMILES string of the molecule is CN(C)C(=O)CO[C@@H]1/C=C/COC2(CC2)C(=O)NS(=O)(=O)c2ccc3c(c2)N(C[C@@H]2CC[C@H]21)C[C@@]1(CCCc2cc(Cl)ccc21)CO3. The third kappa shape index (κ3) is 6.27. The van der Waals surface area contributed by atoms with Gasteiger partial charge in [-0.2, -0.15) is 0 Å². The van der Waals surface area contributed by atoms with Crippen LogP contribution in [0.25, 0.3) is 0 Å². The average Bonchev–Trinajstić information content (AvgIpc) is 3.83. The third-order valence-electron chi connectivity index (χ3n) is 10.7. The molecule has 4 atom stereocenters. The molecule has 2 aromatic carbocycles. The molecular formula is C35H42ClN3O7S. The van der Waals surface area contributed by atoms with E-state index in [0.717, 1.165) is 32.1 Å². The normalized spacial score (nSPS) is 29.7. The fraction of sp³-hybridized carbons (Fsp3) is 0.543. The number of amides is 2. The fourth-order valence-electron chi connectivity index (χ4n) is 7.64. The van der Waals surface area contributed by atoms with Gasteiger partial charge in [-0.1, -0.05) is 29.8 Å². The van der Waals surface area contributed by atoms with Gasteiger partial charge < -0.3 is 24.0 Å². The van der Waals surface area contributed by atoms with Crippen LogP contribution in [0.4, 0.5) is 5.69 Å². The standard InChI is InChI=1S/C35H42ClN3O7S/c1-38(2)32(40)20-44-30-6-4-16-46-35(14-15-35)33(41)37-47(42,43)26-9-12-31-29(18-26)39(19-24-7-10-27(24)30)21-34(22-45-31)13-3-5-23-17-25(36)8-11-28(23)34/h4,6,8-9,11-12,17-18,24,27,30H,3,5,7,10,13-16,19-22H2,1-2H3,(H,37,41)/b6-4+/t24-,27+,30+,34-/m0/s1. The van der Waals surface area contributed by atoms with E-state index in [9.17, 15) is 18.0 Å².